The third-order valence-electron chi connectivity index (χ3n) is 3.24. The molecule has 5 nitrogen and oxygen atoms in total. The molecule has 0 aliphatic rings. The van der Waals surface area contributed by atoms with Crippen LogP contribution in [0, 0.1) is 0 Å². The molecule has 1 heterocycles. The van der Waals surface area contributed by atoms with E-state index in [1.54, 1.807) is 12.4 Å². The molecule has 1 rings (SSSR count). The average molecular weight is 252 g/mol. The summed E-state index contributed by atoms with van der Waals surface area (Å²) in [6.45, 7) is 7.19. The Kier molecular flexibility index (Phi) is 5.85. The van der Waals surface area contributed by atoms with Crippen LogP contribution in [0.3, 0.4) is 0 Å². The van der Waals surface area contributed by atoms with Gasteiger partial charge in [-0.1, -0.05) is 20.8 Å². The number of hydrogen-bond acceptors (Lipinski definition) is 5. The number of aliphatic hydroxyl groups is 1. The van der Waals surface area contributed by atoms with Crippen molar-refractivity contribution in [1.82, 2.24) is 9.97 Å². The minimum atomic E-state index is -0.307. The summed E-state index contributed by atoms with van der Waals surface area (Å²) in [7, 11) is 0. The van der Waals surface area contributed by atoms with E-state index in [4.69, 9.17) is 0 Å². The van der Waals surface area contributed by atoms with E-state index in [1.165, 1.54) is 0 Å². The lowest BCUT2D eigenvalue weighted by Crippen LogP contribution is -2.41. The molecule has 0 aromatic carbocycles. The van der Waals surface area contributed by atoms with Gasteiger partial charge in [0.2, 0.25) is 0 Å². The number of nitrogens with one attached hydrogen (secondary N) is 2. The normalized spacial score (nSPS) is 11.3. The Bertz CT molecular complexity index is 344. The van der Waals surface area contributed by atoms with Gasteiger partial charge in [-0.25, -0.2) is 4.98 Å². The zero-order valence-electron chi connectivity index (χ0n) is 11.5. The van der Waals surface area contributed by atoms with E-state index in [9.17, 15) is 5.11 Å². The summed E-state index contributed by atoms with van der Waals surface area (Å²) < 4.78 is 0. The second-order valence-corrected chi connectivity index (χ2v) is 4.49. The van der Waals surface area contributed by atoms with E-state index in [0.717, 1.165) is 31.6 Å². The molecule has 0 spiro atoms. The Morgan fingerprint density at radius 1 is 1.17 bits per heavy atom. The molecular formula is C13H24N4O. The minimum Gasteiger partial charge on any atom is -0.394 e. The highest BCUT2D eigenvalue weighted by Gasteiger charge is 2.25. The molecule has 1 aromatic rings. The number of aromatic nitrogens is 2. The van der Waals surface area contributed by atoms with Crippen molar-refractivity contribution >= 4 is 11.6 Å². The van der Waals surface area contributed by atoms with Gasteiger partial charge >= 0.3 is 0 Å². The van der Waals surface area contributed by atoms with Crippen molar-refractivity contribution in [2.45, 2.75) is 45.6 Å². The molecule has 0 radical (unpaired) electrons. The van der Waals surface area contributed by atoms with Gasteiger partial charge in [0.1, 0.15) is 11.6 Å². The SMILES string of the molecule is CCCNc1cncc(NC(CC)(CC)CO)n1. The summed E-state index contributed by atoms with van der Waals surface area (Å²) in [4.78, 5) is 8.60. The second kappa shape index (κ2) is 7.16. The Hall–Kier alpha value is -1.36. The van der Waals surface area contributed by atoms with Crippen molar-refractivity contribution in [3.05, 3.63) is 12.4 Å². The summed E-state index contributed by atoms with van der Waals surface area (Å²) >= 11 is 0. The van der Waals surface area contributed by atoms with Gasteiger partial charge in [-0.05, 0) is 19.3 Å². The molecule has 0 aliphatic heterocycles. The molecule has 3 N–H and O–H groups in total. The number of hydrogen-bond donors (Lipinski definition) is 3. The first kappa shape index (κ1) is 14.7. The summed E-state index contributed by atoms with van der Waals surface area (Å²) in [5, 5.41) is 16.0. The fourth-order valence-corrected chi connectivity index (χ4v) is 1.73. The van der Waals surface area contributed by atoms with Crippen LogP contribution < -0.4 is 10.6 Å². The first-order valence-electron chi connectivity index (χ1n) is 6.64. The third-order valence-corrected chi connectivity index (χ3v) is 3.24. The van der Waals surface area contributed by atoms with Gasteiger partial charge in [0.05, 0.1) is 24.5 Å². The number of nitrogens with zero attached hydrogens (tertiary/aromatic N) is 2. The van der Waals surface area contributed by atoms with Crippen LogP contribution in [0.2, 0.25) is 0 Å². The Morgan fingerprint density at radius 3 is 2.39 bits per heavy atom. The smallest absolute Gasteiger partial charge is 0.147 e. The molecule has 1 aromatic heterocycles. The highest BCUT2D eigenvalue weighted by atomic mass is 16.3. The molecule has 5 heteroatoms. The zero-order chi connectivity index (χ0) is 13.4. The van der Waals surface area contributed by atoms with Crippen molar-refractivity contribution in [3.63, 3.8) is 0 Å². The minimum absolute atomic E-state index is 0.0916. The van der Waals surface area contributed by atoms with Crippen LogP contribution in [-0.4, -0.2) is 33.8 Å². The van der Waals surface area contributed by atoms with E-state index in [-0.39, 0.29) is 12.1 Å². The van der Waals surface area contributed by atoms with E-state index >= 15 is 0 Å². The number of rotatable bonds is 8. The lowest BCUT2D eigenvalue weighted by Gasteiger charge is -2.31. The summed E-state index contributed by atoms with van der Waals surface area (Å²) in [6.07, 6.45) is 6.12. The fraction of sp³-hybridized carbons (Fsp3) is 0.692. The monoisotopic (exact) mass is 252 g/mol. The summed E-state index contributed by atoms with van der Waals surface area (Å²) in [5.41, 5.74) is -0.307. The van der Waals surface area contributed by atoms with E-state index in [2.05, 4.69) is 41.4 Å². The Labute approximate surface area is 109 Å². The molecule has 102 valence electrons. The molecular weight excluding hydrogens is 228 g/mol. The summed E-state index contributed by atoms with van der Waals surface area (Å²) in [5.74, 6) is 1.47. The lowest BCUT2D eigenvalue weighted by atomic mass is 9.94. The maximum Gasteiger partial charge on any atom is 0.147 e. The topological polar surface area (TPSA) is 70.1 Å². The van der Waals surface area contributed by atoms with Crippen molar-refractivity contribution in [3.8, 4) is 0 Å². The zero-order valence-corrected chi connectivity index (χ0v) is 11.5. The van der Waals surface area contributed by atoms with Gasteiger partial charge in [-0.15, -0.1) is 0 Å². The van der Waals surface area contributed by atoms with Gasteiger partial charge in [-0.2, -0.15) is 0 Å². The van der Waals surface area contributed by atoms with Gasteiger partial charge < -0.3 is 15.7 Å². The standard InChI is InChI=1S/C13H24N4O/c1-4-7-15-11-8-14-9-12(16-11)17-13(5-2,6-3)10-18/h8-9,18H,4-7,10H2,1-3H3,(H2,15,16,17). The highest BCUT2D eigenvalue weighted by molar-refractivity contribution is 5.43. The van der Waals surface area contributed by atoms with Crippen LogP contribution in [0.1, 0.15) is 40.0 Å². The molecule has 0 unspecified atom stereocenters. The number of aliphatic hydroxyl groups excluding tert-OH is 1. The van der Waals surface area contributed by atoms with Gasteiger partial charge in [0.25, 0.3) is 0 Å². The highest BCUT2D eigenvalue weighted by Crippen LogP contribution is 2.20. The largest absolute Gasteiger partial charge is 0.394 e. The Balaban J connectivity index is 2.77. The van der Waals surface area contributed by atoms with Crippen molar-refractivity contribution in [2.24, 2.45) is 0 Å². The van der Waals surface area contributed by atoms with Crippen molar-refractivity contribution in [2.75, 3.05) is 23.8 Å². The quantitative estimate of drug-likeness (QED) is 0.662. The van der Waals surface area contributed by atoms with Gasteiger partial charge in [0, 0.05) is 6.54 Å². The predicted octanol–water partition coefficient (Wildman–Crippen LogP) is 2.26. The lowest BCUT2D eigenvalue weighted by molar-refractivity contribution is 0.202. The third kappa shape index (κ3) is 3.84. The molecule has 0 amide bonds. The summed E-state index contributed by atoms with van der Waals surface area (Å²) in [6, 6.07) is 0. The molecule has 18 heavy (non-hydrogen) atoms. The molecule has 0 bridgehead atoms. The second-order valence-electron chi connectivity index (χ2n) is 4.49. The van der Waals surface area contributed by atoms with Crippen LogP contribution in [0.25, 0.3) is 0 Å². The maximum absolute atomic E-state index is 9.52. The first-order valence-corrected chi connectivity index (χ1v) is 6.64. The van der Waals surface area contributed by atoms with Crippen molar-refractivity contribution < 1.29 is 5.11 Å². The Morgan fingerprint density at radius 2 is 1.83 bits per heavy atom. The van der Waals surface area contributed by atoms with E-state index in [1.807, 2.05) is 0 Å². The molecule has 0 aliphatic carbocycles. The number of anilines is 2. The van der Waals surface area contributed by atoms with E-state index in [0.29, 0.717) is 5.82 Å². The fourth-order valence-electron chi connectivity index (χ4n) is 1.73. The van der Waals surface area contributed by atoms with Gasteiger partial charge in [-0.3, -0.25) is 4.98 Å². The molecule has 0 saturated carbocycles. The van der Waals surface area contributed by atoms with Crippen LogP contribution in [-0.2, 0) is 0 Å². The maximum atomic E-state index is 9.52. The van der Waals surface area contributed by atoms with Crippen LogP contribution in [0.15, 0.2) is 12.4 Å². The first-order chi connectivity index (χ1) is 8.69. The van der Waals surface area contributed by atoms with Gasteiger partial charge in [0.15, 0.2) is 0 Å². The van der Waals surface area contributed by atoms with Crippen LogP contribution in [0.5, 0.6) is 0 Å². The van der Waals surface area contributed by atoms with Crippen LogP contribution >= 0.6 is 0 Å². The molecule has 0 atom stereocenters. The molecule has 0 fully saturated rings. The van der Waals surface area contributed by atoms with Crippen LogP contribution in [0.4, 0.5) is 11.6 Å². The predicted molar refractivity (Wildman–Crippen MR) is 74.8 cm³/mol. The average Bonchev–Trinajstić information content (AvgIpc) is 2.43. The van der Waals surface area contributed by atoms with Crippen molar-refractivity contribution in [1.29, 1.82) is 0 Å². The molecule has 0 saturated heterocycles. The van der Waals surface area contributed by atoms with E-state index < -0.39 is 0 Å².